The van der Waals surface area contributed by atoms with Crippen molar-refractivity contribution in [2.45, 2.75) is 32.7 Å². The largest absolute Gasteiger partial charge is 0.336 e. The Morgan fingerprint density at radius 2 is 1.59 bits per heavy atom. The van der Waals surface area contributed by atoms with E-state index < -0.39 is 17.3 Å². The second kappa shape index (κ2) is 11.4. The fraction of sp³-hybridized carbons (Fsp3) is 0.276. The van der Waals surface area contributed by atoms with Gasteiger partial charge in [0.1, 0.15) is 0 Å². The van der Waals surface area contributed by atoms with Gasteiger partial charge in [0.25, 0.3) is 5.56 Å². The van der Waals surface area contributed by atoms with E-state index in [2.05, 4.69) is 20.5 Å². The van der Waals surface area contributed by atoms with E-state index >= 15 is 0 Å². The van der Waals surface area contributed by atoms with Crippen LogP contribution in [0.5, 0.6) is 0 Å². The molecular formula is C29H30N6O4. The van der Waals surface area contributed by atoms with Gasteiger partial charge in [-0.05, 0) is 75.3 Å². The number of amides is 2. The zero-order valence-electron chi connectivity index (χ0n) is 21.7. The number of anilines is 2. The maximum atomic E-state index is 13.6. The summed E-state index contributed by atoms with van der Waals surface area (Å²) in [6.07, 6.45) is 6.57. The van der Waals surface area contributed by atoms with E-state index in [1.165, 1.54) is 25.7 Å². The summed E-state index contributed by atoms with van der Waals surface area (Å²) in [6.45, 7) is 4.58. The van der Waals surface area contributed by atoms with Crippen molar-refractivity contribution in [3.8, 4) is 5.69 Å². The summed E-state index contributed by atoms with van der Waals surface area (Å²) < 4.78 is 2.78. The molecular weight excluding hydrogens is 496 g/mol. The fourth-order valence-corrected chi connectivity index (χ4v) is 4.92. The summed E-state index contributed by atoms with van der Waals surface area (Å²) in [6, 6.07) is 14.3. The van der Waals surface area contributed by atoms with Gasteiger partial charge in [-0.15, -0.1) is 0 Å². The van der Waals surface area contributed by atoms with Crippen LogP contribution in [0, 0.1) is 0 Å². The van der Waals surface area contributed by atoms with Crippen LogP contribution in [0.3, 0.4) is 0 Å². The van der Waals surface area contributed by atoms with Crippen LogP contribution in [-0.4, -0.2) is 50.5 Å². The Morgan fingerprint density at radius 1 is 0.872 bits per heavy atom. The molecule has 5 rings (SSSR count). The molecule has 2 aromatic carbocycles. The van der Waals surface area contributed by atoms with Crippen molar-refractivity contribution in [1.82, 2.24) is 19.0 Å². The van der Waals surface area contributed by atoms with E-state index in [9.17, 15) is 19.2 Å². The number of rotatable bonds is 7. The van der Waals surface area contributed by atoms with E-state index in [-0.39, 0.29) is 5.78 Å². The van der Waals surface area contributed by atoms with E-state index in [4.69, 9.17) is 0 Å². The molecule has 10 nitrogen and oxygen atoms in total. The molecule has 4 aromatic rings. The van der Waals surface area contributed by atoms with E-state index in [0.29, 0.717) is 46.6 Å². The van der Waals surface area contributed by atoms with Crippen LogP contribution < -0.4 is 21.9 Å². The van der Waals surface area contributed by atoms with Crippen molar-refractivity contribution >= 4 is 34.1 Å². The highest BCUT2D eigenvalue weighted by Gasteiger charge is 2.17. The topological polar surface area (TPSA) is 118 Å². The molecule has 1 fully saturated rings. The quantitative estimate of drug-likeness (QED) is 0.353. The lowest BCUT2D eigenvalue weighted by molar-refractivity contribution is 0.101. The molecule has 3 heterocycles. The Balaban J connectivity index is 1.49. The Bertz CT molecular complexity index is 1640. The zero-order chi connectivity index (χ0) is 27.4. The number of aromatic nitrogens is 3. The third-order valence-corrected chi connectivity index (χ3v) is 6.94. The third-order valence-electron chi connectivity index (χ3n) is 6.94. The van der Waals surface area contributed by atoms with Crippen LogP contribution in [0.4, 0.5) is 16.2 Å². The number of fused-ring (bicyclic) bond motifs is 1. The van der Waals surface area contributed by atoms with Gasteiger partial charge in [-0.2, -0.15) is 0 Å². The van der Waals surface area contributed by atoms with E-state index in [1.807, 2.05) is 0 Å². The summed E-state index contributed by atoms with van der Waals surface area (Å²) in [5, 5.41) is 5.76. The SMILES string of the molecule is CC(=O)c1cccc(NC(=O)Nc2ccc3c(c2)c(=O)n(-c2ccncc2)c(=O)n3CCN2CCCCC2)c1. The Kier molecular flexibility index (Phi) is 7.64. The number of benzene rings is 2. The van der Waals surface area contributed by atoms with Crippen molar-refractivity contribution in [2.24, 2.45) is 0 Å². The van der Waals surface area contributed by atoms with Gasteiger partial charge in [-0.25, -0.2) is 14.2 Å². The number of Topliss-reactive ketones (excluding diaryl/α,β-unsaturated/α-hetero) is 1. The first kappa shape index (κ1) is 26.1. The average Bonchev–Trinajstić information content (AvgIpc) is 2.94. The maximum Gasteiger partial charge on any atom is 0.336 e. The minimum Gasteiger partial charge on any atom is -0.308 e. The summed E-state index contributed by atoms with van der Waals surface area (Å²) in [4.78, 5) is 57.9. The van der Waals surface area contributed by atoms with Gasteiger partial charge in [0.15, 0.2) is 5.78 Å². The number of carbonyl (C=O) groups is 2. The maximum absolute atomic E-state index is 13.6. The number of carbonyl (C=O) groups excluding carboxylic acids is 2. The predicted octanol–water partition coefficient (Wildman–Crippen LogP) is 3.88. The molecule has 2 N–H and O–H groups in total. The smallest absolute Gasteiger partial charge is 0.308 e. The Labute approximate surface area is 224 Å². The van der Waals surface area contributed by atoms with Gasteiger partial charge in [0, 0.05) is 42.4 Å². The highest BCUT2D eigenvalue weighted by atomic mass is 16.2. The highest BCUT2D eigenvalue weighted by Crippen LogP contribution is 2.18. The monoisotopic (exact) mass is 526 g/mol. The summed E-state index contributed by atoms with van der Waals surface area (Å²) in [5.41, 5.74) is 1.38. The molecule has 0 bridgehead atoms. The van der Waals surface area contributed by atoms with Gasteiger partial charge >= 0.3 is 11.7 Å². The van der Waals surface area contributed by atoms with Crippen molar-refractivity contribution in [3.05, 3.63) is 93.4 Å². The summed E-state index contributed by atoms with van der Waals surface area (Å²) in [7, 11) is 0. The molecule has 2 aromatic heterocycles. The van der Waals surface area contributed by atoms with Crippen molar-refractivity contribution in [2.75, 3.05) is 30.3 Å². The summed E-state index contributed by atoms with van der Waals surface area (Å²) in [5.74, 6) is -0.106. The van der Waals surface area contributed by atoms with Crippen LogP contribution in [-0.2, 0) is 6.54 Å². The number of urea groups is 1. The lowest BCUT2D eigenvalue weighted by Gasteiger charge is -2.27. The van der Waals surface area contributed by atoms with E-state index in [1.54, 1.807) is 59.2 Å². The molecule has 0 unspecified atom stereocenters. The molecule has 0 atom stereocenters. The molecule has 0 spiro atoms. The van der Waals surface area contributed by atoms with Gasteiger partial charge in [0.05, 0.1) is 16.6 Å². The van der Waals surface area contributed by atoms with Gasteiger partial charge in [0.2, 0.25) is 0 Å². The first-order valence-electron chi connectivity index (χ1n) is 13.0. The number of ketones is 1. The minimum absolute atomic E-state index is 0.106. The third kappa shape index (κ3) is 5.80. The number of piperidine rings is 1. The lowest BCUT2D eigenvalue weighted by atomic mass is 10.1. The summed E-state index contributed by atoms with van der Waals surface area (Å²) >= 11 is 0. The van der Waals surface area contributed by atoms with Crippen LogP contribution in [0.25, 0.3) is 16.6 Å². The first-order valence-corrected chi connectivity index (χ1v) is 13.0. The molecule has 1 saturated heterocycles. The number of hydrogen-bond acceptors (Lipinski definition) is 6. The van der Waals surface area contributed by atoms with Gasteiger partial charge < -0.3 is 15.5 Å². The second-order valence-electron chi connectivity index (χ2n) is 9.63. The second-order valence-corrected chi connectivity index (χ2v) is 9.63. The molecule has 0 saturated carbocycles. The van der Waals surface area contributed by atoms with Crippen molar-refractivity contribution in [1.29, 1.82) is 0 Å². The molecule has 2 amide bonds. The Hall–Kier alpha value is -4.57. The normalized spacial score (nSPS) is 13.8. The molecule has 0 radical (unpaired) electrons. The number of pyridine rings is 1. The number of nitrogens with one attached hydrogen (secondary N) is 2. The van der Waals surface area contributed by atoms with Crippen LogP contribution >= 0.6 is 0 Å². The first-order chi connectivity index (χ1) is 18.9. The highest BCUT2D eigenvalue weighted by molar-refractivity contribution is 6.02. The van der Waals surface area contributed by atoms with Crippen LogP contribution in [0.1, 0.15) is 36.5 Å². The number of hydrogen-bond donors (Lipinski definition) is 2. The molecule has 39 heavy (non-hydrogen) atoms. The van der Waals surface area contributed by atoms with Crippen LogP contribution in [0.2, 0.25) is 0 Å². The van der Waals surface area contributed by atoms with Crippen LogP contribution in [0.15, 0.2) is 76.6 Å². The zero-order valence-corrected chi connectivity index (χ0v) is 21.7. The van der Waals surface area contributed by atoms with Crippen molar-refractivity contribution < 1.29 is 9.59 Å². The molecule has 10 heteroatoms. The van der Waals surface area contributed by atoms with Gasteiger partial charge in [-0.1, -0.05) is 18.6 Å². The van der Waals surface area contributed by atoms with E-state index in [0.717, 1.165) is 30.5 Å². The molecule has 200 valence electrons. The minimum atomic E-state index is -0.525. The standard InChI is InChI=1S/C29H30N6O4/c1-20(36)21-6-5-7-22(18-21)31-28(38)32-23-8-9-26-25(19-23)27(37)35(24-10-12-30-13-11-24)29(39)34(26)17-16-33-14-3-2-4-15-33/h5-13,18-19H,2-4,14-17H2,1H3,(H2,31,32,38). The van der Waals surface area contributed by atoms with Gasteiger partial charge in [-0.3, -0.25) is 19.1 Å². The number of likely N-dealkylation sites (tertiary alicyclic amines) is 1. The average molecular weight is 527 g/mol. The molecule has 1 aliphatic rings. The molecule has 1 aliphatic heterocycles. The fourth-order valence-electron chi connectivity index (χ4n) is 4.92. The molecule has 0 aliphatic carbocycles. The Morgan fingerprint density at radius 3 is 2.31 bits per heavy atom. The number of nitrogens with zero attached hydrogens (tertiary/aromatic N) is 4. The van der Waals surface area contributed by atoms with Crippen molar-refractivity contribution in [3.63, 3.8) is 0 Å². The predicted molar refractivity (Wildman–Crippen MR) is 151 cm³/mol. The lowest BCUT2D eigenvalue weighted by Crippen LogP contribution is -2.41.